The largest absolute Gasteiger partial charge is 0.366 e. The summed E-state index contributed by atoms with van der Waals surface area (Å²) in [6.07, 6.45) is 2.66. The Bertz CT molecular complexity index is 594. The van der Waals surface area contributed by atoms with Crippen molar-refractivity contribution < 1.29 is 0 Å². The Morgan fingerprint density at radius 1 is 0.900 bits per heavy atom. The van der Waals surface area contributed by atoms with Gasteiger partial charge in [-0.25, -0.2) is 19.0 Å². The molecular weight excluding hydrogens is 328 g/mol. The fourth-order valence-electron chi connectivity index (χ4n) is 2.03. The Hall–Kier alpha value is -0.720. The topological polar surface area (TPSA) is 66.0 Å². The highest BCUT2D eigenvalue weighted by atomic mass is 35.5. The van der Waals surface area contributed by atoms with Gasteiger partial charge in [-0.05, 0) is 12.8 Å². The van der Waals surface area contributed by atoms with Gasteiger partial charge in [0, 0.05) is 23.6 Å². The van der Waals surface area contributed by atoms with Gasteiger partial charge in [0.15, 0.2) is 0 Å². The van der Waals surface area contributed by atoms with E-state index in [1.807, 2.05) is 13.8 Å². The molecule has 2 unspecified atom stereocenters. The highest BCUT2D eigenvalue weighted by Gasteiger charge is 2.26. The zero-order chi connectivity index (χ0) is 15.4. The third-order valence-electron chi connectivity index (χ3n) is 2.98. The van der Waals surface area contributed by atoms with Crippen molar-refractivity contribution in [1.82, 2.24) is 12.7 Å². The predicted molar refractivity (Wildman–Crippen MR) is 80.2 cm³/mol. The average Bonchev–Trinajstić information content (AvgIpc) is 2.42. The summed E-state index contributed by atoms with van der Waals surface area (Å²) < 4.78 is 1.43. The number of rotatable bonds is 6. The summed E-state index contributed by atoms with van der Waals surface area (Å²) in [5.74, 6) is 0. The molecule has 20 heavy (non-hydrogen) atoms. The van der Waals surface area contributed by atoms with Crippen molar-refractivity contribution in [2.45, 2.75) is 50.9 Å². The second kappa shape index (κ2) is 7.33. The molecular formula is C11H16Cl3N3O3. The Labute approximate surface area is 130 Å². The monoisotopic (exact) mass is 343 g/mol. The summed E-state index contributed by atoms with van der Waals surface area (Å²) in [6.45, 7) is 3.85. The van der Waals surface area contributed by atoms with E-state index in [4.69, 9.17) is 35.2 Å². The normalized spacial score (nSPS) is 14.2. The lowest BCUT2D eigenvalue weighted by Crippen LogP contribution is -2.52. The molecule has 0 amide bonds. The van der Waals surface area contributed by atoms with E-state index in [1.54, 1.807) is 0 Å². The molecule has 0 aliphatic heterocycles. The lowest BCUT2D eigenvalue weighted by molar-refractivity contribution is 0.384. The number of hydrogen-bond donors (Lipinski definition) is 0. The molecule has 114 valence electrons. The summed E-state index contributed by atoms with van der Waals surface area (Å²) in [5, 5.41) is -0.420. The van der Waals surface area contributed by atoms with Crippen LogP contribution in [0, 0.1) is 0 Å². The summed E-state index contributed by atoms with van der Waals surface area (Å²) in [4.78, 5) is 35.6. The fourth-order valence-corrected chi connectivity index (χ4v) is 2.84. The first kappa shape index (κ1) is 17.3. The highest BCUT2D eigenvalue weighted by Crippen LogP contribution is 2.23. The second-order valence-electron chi connectivity index (χ2n) is 4.44. The van der Waals surface area contributed by atoms with Crippen LogP contribution in [-0.2, 0) is 0 Å². The minimum absolute atomic E-state index is 0.284. The minimum atomic E-state index is -1.09. The quantitative estimate of drug-likeness (QED) is 0.741. The molecule has 9 heteroatoms. The van der Waals surface area contributed by atoms with Crippen molar-refractivity contribution in [2.75, 3.05) is 0 Å². The molecule has 1 heterocycles. The van der Waals surface area contributed by atoms with Crippen LogP contribution in [0.4, 0.5) is 0 Å². The van der Waals surface area contributed by atoms with Crippen molar-refractivity contribution in [3.63, 3.8) is 0 Å². The van der Waals surface area contributed by atoms with E-state index in [9.17, 15) is 14.4 Å². The van der Waals surface area contributed by atoms with Crippen LogP contribution >= 0.6 is 35.2 Å². The molecule has 1 aromatic heterocycles. The van der Waals surface area contributed by atoms with Gasteiger partial charge in [0.1, 0.15) is 0 Å². The lowest BCUT2D eigenvalue weighted by atomic mass is 10.0. The Morgan fingerprint density at radius 2 is 1.35 bits per heavy atom. The van der Waals surface area contributed by atoms with Crippen molar-refractivity contribution in [3.8, 4) is 0 Å². The Morgan fingerprint density at radius 3 is 1.75 bits per heavy atom. The van der Waals surface area contributed by atoms with Crippen LogP contribution in [-0.4, -0.2) is 18.1 Å². The molecule has 0 N–H and O–H groups in total. The summed E-state index contributed by atoms with van der Waals surface area (Å²) in [6, 6.07) is -0.558. The van der Waals surface area contributed by atoms with Gasteiger partial charge in [0.25, 0.3) is 0 Å². The van der Waals surface area contributed by atoms with Crippen molar-refractivity contribution in [1.29, 1.82) is 0 Å². The van der Waals surface area contributed by atoms with Gasteiger partial charge in [-0.15, -0.1) is 19.8 Å². The van der Waals surface area contributed by atoms with Crippen LogP contribution in [0.5, 0.6) is 0 Å². The maximum atomic E-state index is 12.1. The molecule has 0 radical (unpaired) electrons. The van der Waals surface area contributed by atoms with Crippen molar-refractivity contribution >= 4 is 35.2 Å². The lowest BCUT2D eigenvalue weighted by Gasteiger charge is -2.23. The summed E-state index contributed by atoms with van der Waals surface area (Å²) >= 11 is 17.4. The van der Waals surface area contributed by atoms with Gasteiger partial charge >= 0.3 is 17.1 Å². The maximum absolute atomic E-state index is 12.1. The standard InChI is InChI=1S/C11H16Cl3N3O3/c1-3-5-7(12)8(6-4-2)15-9(18)16(13)11(20)17(14)10(15)19/h7-8H,3-6H2,1-2H3. The molecule has 0 saturated heterocycles. The van der Waals surface area contributed by atoms with Gasteiger partial charge in [0.2, 0.25) is 0 Å². The molecule has 0 spiro atoms. The Kier molecular flexibility index (Phi) is 6.36. The van der Waals surface area contributed by atoms with E-state index in [2.05, 4.69) is 0 Å². The third kappa shape index (κ3) is 3.30. The molecule has 0 fully saturated rings. The first-order valence-corrected chi connectivity index (χ1v) is 7.45. The van der Waals surface area contributed by atoms with Crippen LogP contribution in [0.15, 0.2) is 14.4 Å². The maximum Gasteiger partial charge on any atom is 0.366 e. The summed E-state index contributed by atoms with van der Waals surface area (Å²) in [5.41, 5.74) is -2.92. The van der Waals surface area contributed by atoms with E-state index in [1.165, 1.54) is 0 Å². The zero-order valence-electron chi connectivity index (χ0n) is 11.2. The van der Waals surface area contributed by atoms with E-state index in [-0.39, 0.29) is 8.17 Å². The number of alkyl halides is 1. The van der Waals surface area contributed by atoms with Crippen LogP contribution in [0.3, 0.4) is 0 Å². The molecule has 0 aliphatic rings. The first-order chi connectivity index (χ1) is 9.36. The molecule has 0 saturated carbocycles. The molecule has 0 aliphatic carbocycles. The molecule has 6 nitrogen and oxygen atoms in total. The zero-order valence-corrected chi connectivity index (χ0v) is 13.5. The number of nitrogens with zero attached hydrogens (tertiary/aromatic N) is 3. The van der Waals surface area contributed by atoms with E-state index in [0.717, 1.165) is 11.0 Å². The highest BCUT2D eigenvalue weighted by molar-refractivity contribution is 6.21. The molecule has 1 aromatic rings. The van der Waals surface area contributed by atoms with Gasteiger partial charge in [-0.2, -0.15) is 0 Å². The van der Waals surface area contributed by atoms with Crippen LogP contribution < -0.4 is 17.1 Å². The van der Waals surface area contributed by atoms with E-state index in [0.29, 0.717) is 19.3 Å². The van der Waals surface area contributed by atoms with Crippen LogP contribution in [0.1, 0.15) is 45.6 Å². The van der Waals surface area contributed by atoms with Crippen molar-refractivity contribution in [2.24, 2.45) is 0 Å². The van der Waals surface area contributed by atoms with Crippen molar-refractivity contribution in [3.05, 3.63) is 31.5 Å². The van der Waals surface area contributed by atoms with Gasteiger partial charge in [-0.1, -0.05) is 26.7 Å². The molecule has 1 rings (SSSR count). The molecule has 2 atom stereocenters. The van der Waals surface area contributed by atoms with Gasteiger partial charge in [0.05, 0.1) is 11.4 Å². The van der Waals surface area contributed by atoms with Crippen LogP contribution in [0.2, 0.25) is 0 Å². The van der Waals surface area contributed by atoms with E-state index >= 15 is 0 Å². The number of hydrogen-bond acceptors (Lipinski definition) is 3. The Balaban J connectivity index is 3.53. The SMILES string of the molecule is CCCC(Cl)C(CCC)n1c(=O)n(Cl)c(=O)n(Cl)c1=O. The minimum Gasteiger partial charge on any atom is -0.246 e. The predicted octanol–water partition coefficient (Wildman–Crippen LogP) is 1.92. The smallest absolute Gasteiger partial charge is 0.246 e. The van der Waals surface area contributed by atoms with Gasteiger partial charge < -0.3 is 0 Å². The fraction of sp³-hybridized carbons (Fsp3) is 0.727. The summed E-state index contributed by atoms with van der Waals surface area (Å²) in [7, 11) is 0. The van der Waals surface area contributed by atoms with Gasteiger partial charge in [-0.3, -0.25) is 0 Å². The number of halogens is 3. The van der Waals surface area contributed by atoms with Crippen LogP contribution in [0.25, 0.3) is 0 Å². The second-order valence-corrected chi connectivity index (χ2v) is 5.68. The average molecular weight is 345 g/mol. The molecule has 0 bridgehead atoms. The molecule has 0 aromatic carbocycles. The van der Waals surface area contributed by atoms with E-state index < -0.39 is 28.5 Å². The third-order valence-corrected chi connectivity index (χ3v) is 4.07. The first-order valence-electron chi connectivity index (χ1n) is 6.33. The number of aromatic nitrogens is 3.